The maximum atomic E-state index is 14.1. The summed E-state index contributed by atoms with van der Waals surface area (Å²) >= 11 is 0. The summed E-state index contributed by atoms with van der Waals surface area (Å²) in [6.45, 7) is 3.69. The lowest BCUT2D eigenvalue weighted by Crippen LogP contribution is -2.51. The first kappa shape index (κ1) is 35.0. The van der Waals surface area contributed by atoms with Crippen LogP contribution in [0, 0.1) is 16.9 Å². The average Bonchev–Trinajstić information content (AvgIpc) is 3.51. The first-order valence-electron chi connectivity index (χ1n) is 15.0. The fourth-order valence-electron chi connectivity index (χ4n) is 5.12. The maximum Gasteiger partial charge on any atom is 0.404 e. The number of fused-ring (bicyclic) bond motifs is 1. The number of hydrogen-bond donors (Lipinski definition) is 4. The van der Waals surface area contributed by atoms with E-state index in [1.807, 2.05) is 32.2 Å². The SMILES string of the molecule is CC(C)(CCCN=C(NC#N)Oc1ccccc1)CN(C[C@@H](O)[C@H](Cc1ccccc1)NC(=O)O)S(=O)(=O)c1ccc2c(c1)OCO2. The molecule has 2 atom stereocenters. The van der Waals surface area contributed by atoms with Crippen LogP contribution in [-0.4, -0.2) is 73.6 Å². The molecule has 1 aliphatic heterocycles. The Balaban J connectivity index is 1.52. The summed E-state index contributed by atoms with van der Waals surface area (Å²) in [5.74, 6) is 1.23. The first-order valence-corrected chi connectivity index (χ1v) is 16.4. The van der Waals surface area contributed by atoms with Crippen molar-refractivity contribution in [1.29, 1.82) is 5.26 Å². The quantitative estimate of drug-likeness (QED) is 0.0610. The minimum absolute atomic E-state index is 0.000500. The molecule has 1 heterocycles. The molecule has 13 nitrogen and oxygen atoms in total. The molecule has 3 aromatic carbocycles. The highest BCUT2D eigenvalue weighted by Crippen LogP contribution is 2.36. The zero-order valence-electron chi connectivity index (χ0n) is 26.2. The van der Waals surface area contributed by atoms with Crippen LogP contribution in [0.5, 0.6) is 17.2 Å². The number of aliphatic hydroxyl groups excluding tert-OH is 1. The Labute approximate surface area is 274 Å². The van der Waals surface area contributed by atoms with Crippen LogP contribution in [0.25, 0.3) is 0 Å². The molecular weight excluding hydrogens is 626 g/mol. The summed E-state index contributed by atoms with van der Waals surface area (Å²) in [5, 5.41) is 34.8. The number of nitrogens with one attached hydrogen (secondary N) is 2. The van der Waals surface area contributed by atoms with Crippen molar-refractivity contribution in [2.75, 3.05) is 26.4 Å². The molecule has 47 heavy (non-hydrogen) atoms. The Bertz CT molecular complexity index is 1660. The van der Waals surface area contributed by atoms with Gasteiger partial charge in [-0.2, -0.15) is 9.57 Å². The van der Waals surface area contributed by atoms with Crippen molar-refractivity contribution in [3.8, 4) is 23.4 Å². The van der Waals surface area contributed by atoms with Crippen LogP contribution in [0.4, 0.5) is 4.79 Å². The van der Waals surface area contributed by atoms with Crippen molar-refractivity contribution in [3.63, 3.8) is 0 Å². The second-order valence-corrected chi connectivity index (χ2v) is 13.7. The fourth-order valence-corrected chi connectivity index (χ4v) is 6.78. The van der Waals surface area contributed by atoms with Crippen LogP contribution in [0.2, 0.25) is 0 Å². The van der Waals surface area contributed by atoms with Gasteiger partial charge < -0.3 is 29.7 Å². The van der Waals surface area contributed by atoms with Crippen molar-refractivity contribution >= 4 is 22.1 Å². The van der Waals surface area contributed by atoms with E-state index in [-0.39, 0.29) is 43.0 Å². The van der Waals surface area contributed by atoms with Gasteiger partial charge in [0.15, 0.2) is 17.7 Å². The number of amides is 1. The molecule has 0 radical (unpaired) electrons. The minimum Gasteiger partial charge on any atom is -0.465 e. The Hall–Kier alpha value is -4.84. The fraction of sp³-hybridized carbons (Fsp3) is 0.364. The number of carbonyl (C=O) groups is 1. The Morgan fingerprint density at radius 3 is 2.45 bits per heavy atom. The molecule has 0 spiro atoms. The highest BCUT2D eigenvalue weighted by atomic mass is 32.2. The van der Waals surface area contributed by atoms with Gasteiger partial charge in [-0.25, -0.2) is 23.5 Å². The van der Waals surface area contributed by atoms with Gasteiger partial charge in [-0.1, -0.05) is 62.4 Å². The van der Waals surface area contributed by atoms with Gasteiger partial charge in [-0.05, 0) is 54.5 Å². The van der Waals surface area contributed by atoms with E-state index >= 15 is 0 Å². The van der Waals surface area contributed by atoms with Gasteiger partial charge in [0, 0.05) is 25.7 Å². The number of carboxylic acid groups (broad SMARTS) is 1. The summed E-state index contributed by atoms with van der Waals surface area (Å²) in [7, 11) is -4.20. The zero-order valence-corrected chi connectivity index (χ0v) is 27.0. The molecule has 0 bridgehead atoms. The molecular formula is C33H39N5O8S. The van der Waals surface area contributed by atoms with E-state index in [1.54, 1.807) is 48.5 Å². The monoisotopic (exact) mass is 665 g/mol. The molecule has 0 aliphatic carbocycles. The molecule has 4 N–H and O–H groups in total. The molecule has 1 amide bonds. The molecule has 4 rings (SSSR count). The van der Waals surface area contributed by atoms with E-state index in [9.17, 15) is 23.4 Å². The number of nitrogens with zero attached hydrogens (tertiary/aromatic N) is 3. The van der Waals surface area contributed by atoms with Gasteiger partial charge in [0.2, 0.25) is 16.8 Å². The average molecular weight is 666 g/mol. The van der Waals surface area contributed by atoms with Crippen molar-refractivity contribution in [1.82, 2.24) is 14.9 Å². The summed E-state index contributed by atoms with van der Waals surface area (Å²) in [6, 6.07) is 21.3. The smallest absolute Gasteiger partial charge is 0.404 e. The molecule has 250 valence electrons. The van der Waals surface area contributed by atoms with Gasteiger partial charge in [0.25, 0.3) is 0 Å². The van der Waals surface area contributed by atoms with E-state index in [0.717, 1.165) is 5.56 Å². The van der Waals surface area contributed by atoms with Crippen molar-refractivity contribution in [2.24, 2.45) is 10.4 Å². The lowest BCUT2D eigenvalue weighted by atomic mass is 9.87. The lowest BCUT2D eigenvalue weighted by molar-refractivity contribution is 0.0905. The van der Waals surface area contributed by atoms with Crippen molar-refractivity contribution in [2.45, 2.75) is 50.2 Å². The molecule has 14 heteroatoms. The van der Waals surface area contributed by atoms with Gasteiger partial charge in [0.05, 0.1) is 17.0 Å². The molecule has 0 saturated heterocycles. The molecule has 0 aromatic heterocycles. The molecule has 1 aliphatic rings. The normalized spacial score (nSPS) is 14.2. The Morgan fingerprint density at radius 1 is 1.09 bits per heavy atom. The van der Waals surface area contributed by atoms with E-state index in [4.69, 9.17) is 19.5 Å². The number of sulfonamides is 1. The highest BCUT2D eigenvalue weighted by molar-refractivity contribution is 7.89. The summed E-state index contributed by atoms with van der Waals surface area (Å²) in [4.78, 5) is 16.0. The third-order valence-corrected chi connectivity index (χ3v) is 9.24. The third-order valence-electron chi connectivity index (χ3n) is 7.44. The second-order valence-electron chi connectivity index (χ2n) is 11.7. The zero-order chi connectivity index (χ0) is 33.9. The molecule has 0 unspecified atom stereocenters. The molecule has 0 saturated carbocycles. The summed E-state index contributed by atoms with van der Waals surface area (Å²) in [6.07, 6.45) is 0.289. The standard InChI is InChI=1S/C33H39N5O8S/c1-33(2,16-9-17-35-31(36-22-34)46-25-12-7-4-8-13-25)21-38(47(42,43)26-14-15-29-30(19-26)45-23-44-29)20-28(39)27(37-32(40)41)18-24-10-5-3-6-11-24/h3-8,10-15,19,27-28,37,39H,9,16-18,20-21,23H2,1-2H3,(H,35,36)(H,40,41)/t27-,28+/m0/s1. The van der Waals surface area contributed by atoms with Crippen LogP contribution in [-0.2, 0) is 16.4 Å². The Morgan fingerprint density at radius 2 is 1.77 bits per heavy atom. The first-order chi connectivity index (χ1) is 22.5. The van der Waals surface area contributed by atoms with E-state index < -0.39 is 33.7 Å². The number of benzene rings is 3. The predicted octanol–water partition coefficient (Wildman–Crippen LogP) is 3.96. The molecule has 0 fully saturated rings. The number of amidine groups is 1. The number of ether oxygens (including phenoxy) is 3. The summed E-state index contributed by atoms with van der Waals surface area (Å²) in [5.41, 5.74) is 0.162. The van der Waals surface area contributed by atoms with Crippen LogP contribution in [0.3, 0.4) is 0 Å². The highest BCUT2D eigenvalue weighted by Gasteiger charge is 2.35. The van der Waals surface area contributed by atoms with E-state index in [1.165, 1.54) is 22.5 Å². The lowest BCUT2D eigenvalue weighted by Gasteiger charge is -2.35. The third kappa shape index (κ3) is 10.3. The number of aliphatic hydroxyl groups is 1. The van der Waals surface area contributed by atoms with Crippen LogP contribution in [0.15, 0.2) is 88.8 Å². The second kappa shape index (κ2) is 16.1. The van der Waals surface area contributed by atoms with Crippen molar-refractivity contribution in [3.05, 3.63) is 84.4 Å². The van der Waals surface area contributed by atoms with Gasteiger partial charge in [0.1, 0.15) is 5.75 Å². The predicted molar refractivity (Wildman–Crippen MR) is 174 cm³/mol. The van der Waals surface area contributed by atoms with Crippen LogP contribution >= 0.6 is 0 Å². The maximum absolute atomic E-state index is 14.1. The van der Waals surface area contributed by atoms with Crippen LogP contribution in [0.1, 0.15) is 32.3 Å². The van der Waals surface area contributed by atoms with Gasteiger partial charge in [-0.3, -0.25) is 0 Å². The number of rotatable bonds is 15. The topological polar surface area (TPSA) is 183 Å². The van der Waals surface area contributed by atoms with Gasteiger partial charge in [-0.15, -0.1) is 0 Å². The Kier molecular flexibility index (Phi) is 12.0. The summed E-state index contributed by atoms with van der Waals surface area (Å²) < 4.78 is 45.8. The number of para-hydroxylation sites is 1. The van der Waals surface area contributed by atoms with Crippen LogP contribution < -0.4 is 24.8 Å². The largest absolute Gasteiger partial charge is 0.465 e. The number of nitriles is 1. The van der Waals surface area contributed by atoms with Crippen molar-refractivity contribution < 1.29 is 37.6 Å². The van der Waals surface area contributed by atoms with Gasteiger partial charge >= 0.3 is 12.1 Å². The minimum atomic E-state index is -4.20. The van der Waals surface area contributed by atoms with E-state index in [2.05, 4.69) is 15.6 Å². The van der Waals surface area contributed by atoms with E-state index in [0.29, 0.717) is 30.9 Å². The number of hydrogen-bond acceptors (Lipinski definition) is 9. The molecule has 3 aromatic rings. The number of aliphatic imine (C=N–C) groups is 1.